The summed E-state index contributed by atoms with van der Waals surface area (Å²) in [6, 6.07) is 5.77. The first kappa shape index (κ1) is 21.2. The highest BCUT2D eigenvalue weighted by Crippen LogP contribution is 2.35. The van der Waals surface area contributed by atoms with Crippen LogP contribution in [0.4, 0.5) is 13.2 Å². The number of aromatic nitrogens is 2. The zero-order valence-electron chi connectivity index (χ0n) is 15.6. The molecule has 1 aliphatic rings. The Morgan fingerprint density at radius 1 is 1.34 bits per heavy atom. The molecule has 0 radical (unpaired) electrons. The molecule has 0 N–H and O–H groups in total. The van der Waals surface area contributed by atoms with E-state index in [4.69, 9.17) is 16.3 Å². The number of carbonyl (C=O) groups excluding carboxylic acids is 2. The summed E-state index contributed by atoms with van der Waals surface area (Å²) < 4.78 is 47.1. The average Bonchev–Trinajstić information content (AvgIpc) is 3.13. The van der Waals surface area contributed by atoms with Gasteiger partial charge in [0.25, 0.3) is 5.91 Å². The number of benzene rings is 1. The summed E-state index contributed by atoms with van der Waals surface area (Å²) in [5.74, 6) is -1.82. The Hall–Kier alpha value is -2.55. The van der Waals surface area contributed by atoms with Crippen LogP contribution in [0.25, 0.3) is 5.69 Å². The molecule has 2 aromatic rings. The fourth-order valence-corrected chi connectivity index (χ4v) is 3.55. The number of piperidine rings is 1. The third-order valence-electron chi connectivity index (χ3n) is 4.65. The van der Waals surface area contributed by atoms with Crippen LogP contribution >= 0.6 is 11.6 Å². The second-order valence-electron chi connectivity index (χ2n) is 6.64. The van der Waals surface area contributed by atoms with Gasteiger partial charge in [0.05, 0.1) is 30.0 Å². The molecule has 0 aliphatic carbocycles. The van der Waals surface area contributed by atoms with E-state index in [2.05, 4.69) is 5.10 Å². The standard InChI is InChI=1S/C19H19ClF3N3O3/c1-2-29-18(28)12-5-4-8-25(11-12)17(27)15-10-24-26(16(15)19(21,22)23)14-7-3-6-13(20)9-14/h3,6-7,9-10,12H,2,4-5,8,11H2,1H3. The molecule has 29 heavy (non-hydrogen) atoms. The summed E-state index contributed by atoms with van der Waals surface area (Å²) in [5, 5.41) is 4.04. The van der Waals surface area contributed by atoms with E-state index in [1.54, 1.807) is 6.92 Å². The van der Waals surface area contributed by atoms with Gasteiger partial charge in [0.15, 0.2) is 5.69 Å². The molecule has 6 nitrogen and oxygen atoms in total. The van der Waals surface area contributed by atoms with Crippen molar-refractivity contribution < 1.29 is 27.5 Å². The highest BCUT2D eigenvalue weighted by molar-refractivity contribution is 6.30. The van der Waals surface area contributed by atoms with Gasteiger partial charge in [-0.3, -0.25) is 9.59 Å². The van der Waals surface area contributed by atoms with Gasteiger partial charge in [-0.05, 0) is 38.0 Å². The summed E-state index contributed by atoms with van der Waals surface area (Å²) in [7, 11) is 0. The Kier molecular flexibility index (Phi) is 6.16. The van der Waals surface area contributed by atoms with E-state index in [1.165, 1.54) is 29.2 Å². The highest BCUT2D eigenvalue weighted by atomic mass is 35.5. The summed E-state index contributed by atoms with van der Waals surface area (Å²) in [4.78, 5) is 26.1. The van der Waals surface area contributed by atoms with Crippen molar-refractivity contribution in [2.75, 3.05) is 19.7 Å². The number of rotatable bonds is 4. The molecular weight excluding hydrogens is 411 g/mol. The van der Waals surface area contributed by atoms with Crippen LogP contribution in [0.2, 0.25) is 5.02 Å². The molecule has 2 heterocycles. The number of nitrogens with zero attached hydrogens (tertiary/aromatic N) is 3. The van der Waals surface area contributed by atoms with Crippen LogP contribution in [0.5, 0.6) is 0 Å². The lowest BCUT2D eigenvalue weighted by Gasteiger charge is -2.31. The molecule has 1 fully saturated rings. The second-order valence-corrected chi connectivity index (χ2v) is 7.08. The van der Waals surface area contributed by atoms with Crippen molar-refractivity contribution in [1.82, 2.24) is 14.7 Å². The molecule has 3 rings (SSSR count). The van der Waals surface area contributed by atoms with Gasteiger partial charge in [-0.1, -0.05) is 17.7 Å². The fourth-order valence-electron chi connectivity index (χ4n) is 3.37. The number of hydrogen-bond acceptors (Lipinski definition) is 4. The normalized spacial score (nSPS) is 17.3. The number of hydrogen-bond donors (Lipinski definition) is 0. The largest absolute Gasteiger partial charge is 0.466 e. The molecule has 1 saturated heterocycles. The van der Waals surface area contributed by atoms with Crippen molar-refractivity contribution in [3.05, 3.63) is 46.7 Å². The zero-order chi connectivity index (χ0) is 21.2. The quantitative estimate of drug-likeness (QED) is 0.690. The minimum atomic E-state index is -4.82. The number of halogens is 4. The molecule has 156 valence electrons. The molecule has 1 atom stereocenters. The zero-order valence-corrected chi connectivity index (χ0v) is 16.3. The summed E-state index contributed by atoms with van der Waals surface area (Å²) in [5.41, 5.74) is -1.66. The van der Waals surface area contributed by atoms with Crippen LogP contribution in [0, 0.1) is 5.92 Å². The summed E-state index contributed by atoms with van der Waals surface area (Å²) in [6.07, 6.45) is -2.89. The van der Waals surface area contributed by atoms with Gasteiger partial charge in [0.2, 0.25) is 0 Å². The number of carbonyl (C=O) groups is 2. The van der Waals surface area contributed by atoms with Gasteiger partial charge < -0.3 is 9.64 Å². The number of amides is 1. The first-order chi connectivity index (χ1) is 13.7. The topological polar surface area (TPSA) is 64.4 Å². The van der Waals surface area contributed by atoms with Crippen molar-refractivity contribution in [2.24, 2.45) is 5.92 Å². The maximum atomic E-state index is 13.8. The number of alkyl halides is 3. The lowest BCUT2D eigenvalue weighted by atomic mass is 9.97. The Bertz CT molecular complexity index is 914. The van der Waals surface area contributed by atoms with E-state index in [0.717, 1.165) is 6.20 Å². The lowest BCUT2D eigenvalue weighted by Crippen LogP contribution is -2.43. The molecule has 0 saturated carbocycles. The minimum absolute atomic E-state index is 0.0112. The molecule has 1 aliphatic heterocycles. The third kappa shape index (κ3) is 4.55. The van der Waals surface area contributed by atoms with E-state index in [0.29, 0.717) is 17.5 Å². The van der Waals surface area contributed by atoms with Crippen LogP contribution in [0.1, 0.15) is 35.8 Å². The van der Waals surface area contributed by atoms with E-state index in [9.17, 15) is 22.8 Å². The number of likely N-dealkylation sites (tertiary alicyclic amines) is 1. The summed E-state index contributed by atoms with van der Waals surface area (Å²) in [6.45, 7) is 2.14. The molecule has 1 aromatic carbocycles. The van der Waals surface area contributed by atoms with Gasteiger partial charge in [0.1, 0.15) is 0 Å². The Labute approximate surface area is 170 Å². The molecular formula is C19H19ClF3N3O3. The first-order valence-corrected chi connectivity index (χ1v) is 9.47. The number of esters is 1. The van der Waals surface area contributed by atoms with E-state index in [1.807, 2.05) is 0 Å². The van der Waals surface area contributed by atoms with Crippen molar-refractivity contribution in [3.63, 3.8) is 0 Å². The van der Waals surface area contributed by atoms with Crippen molar-refractivity contribution >= 4 is 23.5 Å². The van der Waals surface area contributed by atoms with E-state index < -0.39 is 35.2 Å². The van der Waals surface area contributed by atoms with Gasteiger partial charge in [-0.25, -0.2) is 4.68 Å². The van der Waals surface area contributed by atoms with Crippen molar-refractivity contribution in [2.45, 2.75) is 25.9 Å². The van der Waals surface area contributed by atoms with Crippen molar-refractivity contribution in [1.29, 1.82) is 0 Å². The maximum absolute atomic E-state index is 13.8. The molecule has 1 aromatic heterocycles. The minimum Gasteiger partial charge on any atom is -0.466 e. The highest BCUT2D eigenvalue weighted by Gasteiger charge is 2.42. The summed E-state index contributed by atoms with van der Waals surface area (Å²) >= 11 is 5.88. The SMILES string of the molecule is CCOC(=O)C1CCCN(C(=O)c2cnn(-c3cccc(Cl)c3)c2C(F)(F)F)C1. The van der Waals surface area contributed by atoms with Crippen LogP contribution in [0.3, 0.4) is 0 Å². The van der Waals surface area contributed by atoms with Gasteiger partial charge in [0, 0.05) is 18.1 Å². The Morgan fingerprint density at radius 2 is 2.10 bits per heavy atom. The van der Waals surface area contributed by atoms with Crippen LogP contribution < -0.4 is 0 Å². The van der Waals surface area contributed by atoms with Gasteiger partial charge in [-0.15, -0.1) is 0 Å². The van der Waals surface area contributed by atoms with Crippen molar-refractivity contribution in [3.8, 4) is 5.69 Å². The molecule has 0 bridgehead atoms. The fraction of sp³-hybridized carbons (Fsp3) is 0.421. The molecule has 10 heteroatoms. The molecule has 1 unspecified atom stereocenters. The Balaban J connectivity index is 1.94. The predicted octanol–water partition coefficient (Wildman–Crippen LogP) is 3.96. The predicted molar refractivity (Wildman–Crippen MR) is 98.8 cm³/mol. The van der Waals surface area contributed by atoms with E-state index in [-0.39, 0.29) is 30.4 Å². The van der Waals surface area contributed by atoms with Gasteiger partial charge in [-0.2, -0.15) is 18.3 Å². The van der Waals surface area contributed by atoms with E-state index >= 15 is 0 Å². The average molecular weight is 430 g/mol. The lowest BCUT2D eigenvalue weighted by molar-refractivity contribution is -0.149. The number of ether oxygens (including phenoxy) is 1. The molecule has 0 spiro atoms. The Morgan fingerprint density at radius 3 is 2.76 bits per heavy atom. The molecule has 1 amide bonds. The van der Waals surface area contributed by atoms with Crippen LogP contribution in [-0.4, -0.2) is 46.3 Å². The smallest absolute Gasteiger partial charge is 0.434 e. The van der Waals surface area contributed by atoms with Crippen LogP contribution in [-0.2, 0) is 15.7 Å². The third-order valence-corrected chi connectivity index (χ3v) is 4.88. The monoisotopic (exact) mass is 429 g/mol. The van der Waals surface area contributed by atoms with Crippen LogP contribution in [0.15, 0.2) is 30.5 Å². The first-order valence-electron chi connectivity index (χ1n) is 9.09. The second kappa shape index (κ2) is 8.44. The van der Waals surface area contributed by atoms with Gasteiger partial charge >= 0.3 is 12.1 Å². The maximum Gasteiger partial charge on any atom is 0.434 e.